The molecule has 7 heteroatoms. The van der Waals surface area contributed by atoms with Crippen molar-refractivity contribution in [3.8, 4) is 0 Å². The SMILES string of the molecule is CCNC(=NCc1ccc(Cn2ccccc2=O)cc1)NCCCN(C(C)C)C(C)C.I. The largest absolute Gasteiger partial charge is 0.357 e. The average Bonchev–Trinajstić information content (AvgIpc) is 2.74. The Morgan fingerprint density at radius 2 is 1.66 bits per heavy atom. The fraction of sp³-hybridized carbons (Fsp3) is 0.520. The van der Waals surface area contributed by atoms with Crippen molar-refractivity contribution in [2.75, 3.05) is 19.6 Å². The predicted molar refractivity (Wildman–Crippen MR) is 146 cm³/mol. The summed E-state index contributed by atoms with van der Waals surface area (Å²) in [6, 6.07) is 14.6. The summed E-state index contributed by atoms with van der Waals surface area (Å²) in [5, 5.41) is 6.77. The molecule has 0 saturated heterocycles. The molecule has 178 valence electrons. The molecule has 0 atom stereocenters. The molecule has 2 N–H and O–H groups in total. The summed E-state index contributed by atoms with van der Waals surface area (Å²) in [7, 11) is 0. The Labute approximate surface area is 210 Å². The zero-order valence-electron chi connectivity index (χ0n) is 20.2. The van der Waals surface area contributed by atoms with Gasteiger partial charge in [0.2, 0.25) is 0 Å². The highest BCUT2D eigenvalue weighted by atomic mass is 127. The van der Waals surface area contributed by atoms with Gasteiger partial charge in [-0.2, -0.15) is 0 Å². The minimum atomic E-state index is 0. The highest BCUT2D eigenvalue weighted by Crippen LogP contribution is 2.07. The Bertz CT molecular complexity index is 853. The molecule has 0 fully saturated rings. The number of benzene rings is 1. The van der Waals surface area contributed by atoms with Crippen LogP contribution in [-0.2, 0) is 13.1 Å². The van der Waals surface area contributed by atoms with E-state index in [0.29, 0.717) is 25.2 Å². The highest BCUT2D eigenvalue weighted by molar-refractivity contribution is 14.0. The summed E-state index contributed by atoms with van der Waals surface area (Å²) >= 11 is 0. The Balaban J connectivity index is 0.00000512. The fourth-order valence-corrected chi connectivity index (χ4v) is 3.63. The smallest absolute Gasteiger partial charge is 0.250 e. The lowest BCUT2D eigenvalue weighted by Gasteiger charge is -2.30. The van der Waals surface area contributed by atoms with Crippen molar-refractivity contribution in [3.63, 3.8) is 0 Å². The number of hydrogen-bond donors (Lipinski definition) is 2. The van der Waals surface area contributed by atoms with Crippen LogP contribution in [0.2, 0.25) is 0 Å². The van der Waals surface area contributed by atoms with E-state index in [1.165, 1.54) is 0 Å². The van der Waals surface area contributed by atoms with Crippen LogP contribution in [0.3, 0.4) is 0 Å². The molecule has 2 rings (SSSR count). The predicted octanol–water partition coefficient (Wildman–Crippen LogP) is 4.08. The maximum absolute atomic E-state index is 11.9. The van der Waals surface area contributed by atoms with E-state index >= 15 is 0 Å². The molecular formula is C25H40IN5O. The summed E-state index contributed by atoms with van der Waals surface area (Å²) in [4.78, 5) is 19.1. The molecule has 0 amide bonds. The standard InChI is InChI=1S/C25H39N5O.HI/c1-6-26-25(27-15-9-17-30(20(2)3)21(4)5)28-18-22-11-13-23(14-12-22)19-29-16-8-7-10-24(29)31;/h7-8,10-14,16,20-21H,6,9,15,17-19H2,1-5H3,(H2,26,27,28);1H. The van der Waals surface area contributed by atoms with Crippen LogP contribution in [0.1, 0.15) is 52.2 Å². The third-order valence-corrected chi connectivity index (χ3v) is 5.25. The molecule has 1 aromatic carbocycles. The number of hydrogen-bond acceptors (Lipinski definition) is 3. The number of halogens is 1. The lowest BCUT2D eigenvalue weighted by atomic mass is 10.1. The third-order valence-electron chi connectivity index (χ3n) is 5.25. The van der Waals surface area contributed by atoms with Gasteiger partial charge in [-0.05, 0) is 58.2 Å². The monoisotopic (exact) mass is 553 g/mol. The second-order valence-electron chi connectivity index (χ2n) is 8.38. The van der Waals surface area contributed by atoms with E-state index in [-0.39, 0.29) is 29.5 Å². The maximum Gasteiger partial charge on any atom is 0.250 e. The Morgan fingerprint density at radius 3 is 2.25 bits per heavy atom. The number of aliphatic imine (C=N–C) groups is 1. The van der Waals surface area contributed by atoms with Crippen molar-refractivity contribution in [2.24, 2.45) is 4.99 Å². The Kier molecular flexibility index (Phi) is 13.2. The first-order valence-electron chi connectivity index (χ1n) is 11.4. The molecule has 0 aliphatic rings. The van der Waals surface area contributed by atoms with E-state index in [0.717, 1.165) is 43.1 Å². The van der Waals surface area contributed by atoms with Gasteiger partial charge in [-0.15, -0.1) is 24.0 Å². The van der Waals surface area contributed by atoms with Crippen LogP contribution in [0.4, 0.5) is 0 Å². The lowest BCUT2D eigenvalue weighted by Crippen LogP contribution is -2.41. The average molecular weight is 554 g/mol. The zero-order chi connectivity index (χ0) is 22.6. The van der Waals surface area contributed by atoms with E-state index in [2.05, 4.69) is 74.4 Å². The lowest BCUT2D eigenvalue weighted by molar-refractivity contribution is 0.173. The summed E-state index contributed by atoms with van der Waals surface area (Å²) in [5.74, 6) is 0.850. The molecule has 0 radical (unpaired) electrons. The first kappa shape index (κ1) is 28.2. The van der Waals surface area contributed by atoms with Crippen molar-refractivity contribution >= 4 is 29.9 Å². The Hall–Kier alpha value is -1.87. The van der Waals surface area contributed by atoms with Gasteiger partial charge in [0.15, 0.2) is 5.96 Å². The number of aromatic nitrogens is 1. The van der Waals surface area contributed by atoms with Crippen LogP contribution in [-0.4, -0.2) is 47.1 Å². The highest BCUT2D eigenvalue weighted by Gasteiger charge is 2.12. The topological polar surface area (TPSA) is 61.7 Å². The molecule has 0 aliphatic heterocycles. The number of nitrogens with one attached hydrogen (secondary N) is 2. The third kappa shape index (κ3) is 9.73. The summed E-state index contributed by atoms with van der Waals surface area (Å²) in [6.07, 6.45) is 2.89. The van der Waals surface area contributed by atoms with Crippen LogP contribution < -0.4 is 16.2 Å². The first-order valence-corrected chi connectivity index (χ1v) is 11.4. The number of pyridine rings is 1. The van der Waals surface area contributed by atoms with Gasteiger partial charge in [0, 0.05) is 44.0 Å². The van der Waals surface area contributed by atoms with E-state index in [1.54, 1.807) is 16.7 Å². The molecule has 32 heavy (non-hydrogen) atoms. The van der Waals surface area contributed by atoms with Crippen molar-refractivity contribution in [1.82, 2.24) is 20.1 Å². The van der Waals surface area contributed by atoms with Gasteiger partial charge in [-0.3, -0.25) is 9.69 Å². The number of rotatable bonds is 11. The molecule has 0 bridgehead atoms. The van der Waals surface area contributed by atoms with Gasteiger partial charge in [-0.25, -0.2) is 4.99 Å². The van der Waals surface area contributed by atoms with Crippen LogP contribution in [0.15, 0.2) is 58.4 Å². The summed E-state index contributed by atoms with van der Waals surface area (Å²) < 4.78 is 1.71. The molecular weight excluding hydrogens is 513 g/mol. The fourth-order valence-electron chi connectivity index (χ4n) is 3.63. The molecule has 0 unspecified atom stereocenters. The van der Waals surface area contributed by atoms with Gasteiger partial charge in [-0.1, -0.05) is 30.3 Å². The van der Waals surface area contributed by atoms with Crippen LogP contribution >= 0.6 is 24.0 Å². The number of guanidine groups is 1. The van der Waals surface area contributed by atoms with E-state index in [4.69, 9.17) is 4.99 Å². The van der Waals surface area contributed by atoms with Crippen molar-refractivity contribution in [1.29, 1.82) is 0 Å². The maximum atomic E-state index is 11.9. The molecule has 1 aromatic heterocycles. The minimum Gasteiger partial charge on any atom is -0.357 e. The van der Waals surface area contributed by atoms with Gasteiger partial charge in [0.25, 0.3) is 5.56 Å². The van der Waals surface area contributed by atoms with Crippen molar-refractivity contribution < 1.29 is 0 Å². The minimum absolute atomic E-state index is 0. The molecule has 6 nitrogen and oxygen atoms in total. The van der Waals surface area contributed by atoms with Crippen molar-refractivity contribution in [3.05, 3.63) is 70.1 Å². The molecule has 1 heterocycles. The first-order chi connectivity index (χ1) is 14.9. The van der Waals surface area contributed by atoms with Gasteiger partial charge in [0.05, 0.1) is 13.1 Å². The second kappa shape index (κ2) is 15.1. The number of nitrogens with zero attached hydrogens (tertiary/aromatic N) is 3. The second-order valence-corrected chi connectivity index (χ2v) is 8.38. The Morgan fingerprint density at radius 1 is 1.00 bits per heavy atom. The van der Waals surface area contributed by atoms with Crippen molar-refractivity contribution in [2.45, 2.75) is 66.2 Å². The quantitative estimate of drug-likeness (QED) is 0.191. The summed E-state index contributed by atoms with van der Waals surface area (Å²) in [5.41, 5.74) is 2.26. The van der Waals surface area contributed by atoms with Gasteiger partial charge in [0.1, 0.15) is 0 Å². The van der Waals surface area contributed by atoms with Gasteiger partial charge >= 0.3 is 0 Å². The van der Waals surface area contributed by atoms with E-state index in [1.807, 2.05) is 12.3 Å². The van der Waals surface area contributed by atoms with Crippen LogP contribution in [0, 0.1) is 0 Å². The van der Waals surface area contributed by atoms with E-state index < -0.39 is 0 Å². The molecule has 0 spiro atoms. The molecule has 2 aromatic rings. The normalized spacial score (nSPS) is 11.7. The zero-order valence-corrected chi connectivity index (χ0v) is 22.5. The van der Waals surface area contributed by atoms with E-state index in [9.17, 15) is 4.79 Å². The summed E-state index contributed by atoms with van der Waals surface area (Å²) in [6.45, 7) is 15.1. The van der Waals surface area contributed by atoms with Crippen LogP contribution in [0.25, 0.3) is 0 Å². The van der Waals surface area contributed by atoms with Gasteiger partial charge < -0.3 is 15.2 Å². The van der Waals surface area contributed by atoms with Crippen LogP contribution in [0.5, 0.6) is 0 Å². The molecule has 0 saturated carbocycles. The molecule has 0 aliphatic carbocycles.